The van der Waals surface area contributed by atoms with Gasteiger partial charge in [0.25, 0.3) is 0 Å². The lowest BCUT2D eigenvalue weighted by atomic mass is 10.3. The third-order valence-electron chi connectivity index (χ3n) is 2.57. The molecule has 1 N–H and O–H groups in total. The maximum Gasteiger partial charge on any atom is 0.244 e. The first-order chi connectivity index (χ1) is 9.19. The van der Waals surface area contributed by atoms with E-state index in [1.807, 2.05) is 17.6 Å². The summed E-state index contributed by atoms with van der Waals surface area (Å²) in [7, 11) is 0. The van der Waals surface area contributed by atoms with Crippen LogP contribution in [0.1, 0.15) is 5.69 Å². The zero-order chi connectivity index (χ0) is 13.4. The second-order valence-corrected chi connectivity index (χ2v) is 5.95. The minimum atomic E-state index is -0.154. The molecular weight excluding hydrogens is 352 g/mol. The van der Waals surface area contributed by atoms with Gasteiger partial charge in [-0.15, -0.1) is 11.3 Å². The van der Waals surface area contributed by atoms with Gasteiger partial charge in [0, 0.05) is 16.0 Å². The Balaban J connectivity index is 2.05. The molecule has 98 valence electrons. The van der Waals surface area contributed by atoms with E-state index in [2.05, 4.69) is 20.9 Å². The van der Waals surface area contributed by atoms with Crippen molar-refractivity contribution >= 4 is 43.8 Å². The summed E-state index contributed by atoms with van der Waals surface area (Å²) < 4.78 is 8.37. The number of rotatable bonds is 3. The molecule has 0 saturated carbocycles. The van der Waals surface area contributed by atoms with Crippen LogP contribution in [0.25, 0.3) is 4.96 Å². The third-order valence-corrected chi connectivity index (χ3v) is 4.14. The molecule has 0 radical (unpaired) electrons. The molecule has 3 rings (SSSR count). The summed E-state index contributed by atoms with van der Waals surface area (Å²) >= 11 is 10.9. The number of imidazole rings is 1. The van der Waals surface area contributed by atoms with E-state index >= 15 is 0 Å². The van der Waals surface area contributed by atoms with Crippen LogP contribution in [0.15, 0.2) is 34.2 Å². The minimum absolute atomic E-state index is 0.154. The quantitative estimate of drug-likeness (QED) is 0.766. The van der Waals surface area contributed by atoms with Crippen molar-refractivity contribution in [2.24, 2.45) is 0 Å². The van der Waals surface area contributed by atoms with Crippen molar-refractivity contribution in [3.8, 4) is 11.6 Å². The van der Waals surface area contributed by atoms with Gasteiger partial charge in [0.05, 0.1) is 11.6 Å². The van der Waals surface area contributed by atoms with Crippen molar-refractivity contribution in [1.29, 1.82) is 0 Å². The Morgan fingerprint density at radius 1 is 1.47 bits per heavy atom. The highest BCUT2D eigenvalue weighted by atomic mass is 79.9. The van der Waals surface area contributed by atoms with Gasteiger partial charge in [-0.3, -0.25) is 4.40 Å². The topological polar surface area (TPSA) is 46.8 Å². The molecule has 0 amide bonds. The second kappa shape index (κ2) is 5.13. The first kappa shape index (κ1) is 12.9. The number of benzene rings is 1. The molecule has 0 atom stereocenters. The molecular formula is C12H8BrClN2O2S. The fraction of sp³-hybridized carbons (Fsp3) is 0.0833. The number of thiazole rings is 1. The molecule has 2 heterocycles. The zero-order valence-electron chi connectivity index (χ0n) is 9.51. The number of aliphatic hydroxyl groups excluding tert-OH is 1. The Morgan fingerprint density at radius 3 is 3.11 bits per heavy atom. The monoisotopic (exact) mass is 358 g/mol. The second-order valence-electron chi connectivity index (χ2n) is 3.75. The van der Waals surface area contributed by atoms with Crippen LogP contribution in [0.5, 0.6) is 11.6 Å². The summed E-state index contributed by atoms with van der Waals surface area (Å²) in [4.78, 5) is 5.10. The molecule has 1 aromatic carbocycles. The number of aliphatic hydroxyl groups is 1. The fourth-order valence-corrected chi connectivity index (χ4v) is 2.92. The van der Waals surface area contributed by atoms with Crippen molar-refractivity contribution in [2.45, 2.75) is 6.61 Å². The van der Waals surface area contributed by atoms with Gasteiger partial charge in [0.2, 0.25) is 5.88 Å². The lowest BCUT2D eigenvalue weighted by Gasteiger charge is -2.06. The standard InChI is InChI=1S/C12H8BrClN2O2S/c13-7-1-2-8(14)10(5-7)18-11-9(6-17)16-3-4-19-12(16)15-11/h1-5,17H,6H2. The van der Waals surface area contributed by atoms with Crippen molar-refractivity contribution in [2.75, 3.05) is 0 Å². The summed E-state index contributed by atoms with van der Waals surface area (Å²) in [5, 5.41) is 11.8. The molecule has 0 bridgehead atoms. The van der Waals surface area contributed by atoms with E-state index in [1.54, 1.807) is 16.5 Å². The Morgan fingerprint density at radius 2 is 2.32 bits per heavy atom. The van der Waals surface area contributed by atoms with E-state index in [0.29, 0.717) is 22.3 Å². The molecule has 4 nitrogen and oxygen atoms in total. The van der Waals surface area contributed by atoms with Crippen LogP contribution < -0.4 is 4.74 Å². The highest BCUT2D eigenvalue weighted by molar-refractivity contribution is 9.10. The summed E-state index contributed by atoms with van der Waals surface area (Å²) in [5.41, 5.74) is 0.604. The summed E-state index contributed by atoms with van der Waals surface area (Å²) in [5.74, 6) is 0.867. The van der Waals surface area contributed by atoms with E-state index in [1.165, 1.54) is 11.3 Å². The Hall–Kier alpha value is -1.08. The molecule has 0 spiro atoms. The number of hydrogen-bond donors (Lipinski definition) is 1. The first-order valence-corrected chi connectivity index (χ1v) is 7.42. The molecule has 19 heavy (non-hydrogen) atoms. The van der Waals surface area contributed by atoms with Crippen molar-refractivity contribution in [1.82, 2.24) is 9.38 Å². The average molecular weight is 360 g/mol. The Labute approximate surface area is 126 Å². The number of halogens is 2. The van der Waals surface area contributed by atoms with Gasteiger partial charge in [0.15, 0.2) is 4.96 Å². The predicted octanol–water partition coefficient (Wildman–Crippen LogP) is 4.10. The maximum absolute atomic E-state index is 9.45. The fourth-order valence-electron chi connectivity index (χ4n) is 1.70. The van der Waals surface area contributed by atoms with Crippen LogP contribution in [-0.4, -0.2) is 14.5 Å². The van der Waals surface area contributed by atoms with Crippen LogP contribution in [0.4, 0.5) is 0 Å². The maximum atomic E-state index is 9.45. The van der Waals surface area contributed by atoms with Gasteiger partial charge in [-0.05, 0) is 18.2 Å². The number of hydrogen-bond acceptors (Lipinski definition) is 4. The van der Waals surface area contributed by atoms with E-state index in [-0.39, 0.29) is 6.61 Å². The van der Waals surface area contributed by atoms with E-state index < -0.39 is 0 Å². The third kappa shape index (κ3) is 2.36. The van der Waals surface area contributed by atoms with E-state index in [4.69, 9.17) is 16.3 Å². The lowest BCUT2D eigenvalue weighted by Crippen LogP contribution is -1.94. The van der Waals surface area contributed by atoms with Crippen LogP contribution in [0, 0.1) is 0 Å². The molecule has 3 aromatic rings. The SMILES string of the molecule is OCc1c(Oc2cc(Br)ccc2Cl)nc2sccn12. The van der Waals surface area contributed by atoms with Gasteiger partial charge >= 0.3 is 0 Å². The molecule has 0 saturated heterocycles. The normalized spacial score (nSPS) is 11.1. The number of nitrogens with zero attached hydrogens (tertiary/aromatic N) is 2. The molecule has 2 aromatic heterocycles. The van der Waals surface area contributed by atoms with Gasteiger partial charge < -0.3 is 9.84 Å². The van der Waals surface area contributed by atoms with Crippen LogP contribution in [0.2, 0.25) is 5.02 Å². The summed E-state index contributed by atoms with van der Waals surface area (Å²) in [6.45, 7) is -0.154. The van der Waals surface area contributed by atoms with Gasteiger partial charge in [0.1, 0.15) is 11.4 Å². The van der Waals surface area contributed by atoms with E-state index in [9.17, 15) is 5.11 Å². The Kier molecular flexibility index (Phi) is 3.49. The highest BCUT2D eigenvalue weighted by Crippen LogP contribution is 2.34. The molecule has 0 aliphatic carbocycles. The molecule has 0 unspecified atom stereocenters. The summed E-state index contributed by atoms with van der Waals surface area (Å²) in [6, 6.07) is 5.32. The lowest BCUT2D eigenvalue weighted by molar-refractivity contribution is 0.270. The Bertz CT molecular complexity index is 740. The molecule has 7 heteroatoms. The number of fused-ring (bicyclic) bond motifs is 1. The smallest absolute Gasteiger partial charge is 0.244 e. The van der Waals surface area contributed by atoms with Crippen LogP contribution in [0.3, 0.4) is 0 Å². The van der Waals surface area contributed by atoms with Gasteiger partial charge in [-0.1, -0.05) is 27.5 Å². The largest absolute Gasteiger partial charge is 0.436 e. The van der Waals surface area contributed by atoms with Gasteiger partial charge in [-0.2, -0.15) is 4.98 Å². The predicted molar refractivity (Wildman–Crippen MR) is 78.2 cm³/mol. The van der Waals surface area contributed by atoms with Crippen molar-refractivity contribution < 1.29 is 9.84 Å². The molecule has 0 fully saturated rings. The molecule has 0 aliphatic heterocycles. The van der Waals surface area contributed by atoms with Crippen LogP contribution >= 0.6 is 38.9 Å². The average Bonchev–Trinajstić information content (AvgIpc) is 2.94. The highest BCUT2D eigenvalue weighted by Gasteiger charge is 2.15. The number of aromatic nitrogens is 2. The van der Waals surface area contributed by atoms with Crippen molar-refractivity contribution in [3.63, 3.8) is 0 Å². The zero-order valence-corrected chi connectivity index (χ0v) is 12.7. The minimum Gasteiger partial charge on any atom is -0.436 e. The van der Waals surface area contributed by atoms with Crippen molar-refractivity contribution in [3.05, 3.63) is 45.0 Å². The summed E-state index contributed by atoms with van der Waals surface area (Å²) in [6.07, 6.45) is 1.84. The van der Waals surface area contributed by atoms with Gasteiger partial charge in [-0.25, -0.2) is 0 Å². The first-order valence-electron chi connectivity index (χ1n) is 5.37. The van der Waals surface area contributed by atoms with E-state index in [0.717, 1.165) is 9.43 Å². The number of ether oxygens (including phenoxy) is 1. The molecule has 0 aliphatic rings. The van der Waals surface area contributed by atoms with Crippen LogP contribution in [-0.2, 0) is 6.61 Å².